The minimum absolute atomic E-state index is 0.373. The number of alkyl carbamates (subject to hydrolysis) is 1. The number of amides is 1. The fraction of sp³-hybridized carbons (Fsp3) is 0.647. The van der Waals surface area contributed by atoms with E-state index in [1.807, 2.05) is 27.7 Å². The zero-order valence-corrected chi connectivity index (χ0v) is 14.8. The Hall–Kier alpha value is -2.18. The fourth-order valence-electron chi connectivity index (χ4n) is 2.66. The molecule has 2 heterocycles. The van der Waals surface area contributed by atoms with Crippen LogP contribution in [-0.2, 0) is 4.74 Å². The first kappa shape index (κ1) is 18.2. The largest absolute Gasteiger partial charge is 0.444 e. The van der Waals surface area contributed by atoms with Gasteiger partial charge in [-0.25, -0.2) is 14.8 Å². The summed E-state index contributed by atoms with van der Waals surface area (Å²) < 4.78 is 5.24. The van der Waals surface area contributed by atoms with Gasteiger partial charge in [0.05, 0.1) is 0 Å². The number of hydrogen-bond donors (Lipinski definition) is 1. The smallest absolute Gasteiger partial charge is 0.407 e. The highest BCUT2D eigenvalue weighted by atomic mass is 16.6. The molecule has 0 unspecified atom stereocenters. The average Bonchev–Trinajstić information content (AvgIpc) is 2.51. The lowest BCUT2D eigenvalue weighted by Crippen LogP contribution is -2.40. The Morgan fingerprint density at radius 1 is 1.38 bits per heavy atom. The number of hydrogen-bond acceptors (Lipinski definition) is 6. The van der Waals surface area contributed by atoms with E-state index in [2.05, 4.69) is 20.2 Å². The van der Waals surface area contributed by atoms with Gasteiger partial charge in [0.25, 0.3) is 0 Å². The monoisotopic (exact) mass is 334 g/mol. The molecule has 0 spiro atoms. The molecule has 1 fully saturated rings. The van der Waals surface area contributed by atoms with Crippen LogP contribution < -0.4 is 10.2 Å². The number of carbonyl (C=O) groups excluding carboxylic acids is 2. The predicted molar refractivity (Wildman–Crippen MR) is 91.3 cm³/mol. The SMILES string of the molecule is Cc1cc(C=O)nc(N2CCC(CNC(=O)OC(C)(C)C)CC2)n1. The number of nitrogens with one attached hydrogen (secondary N) is 1. The molecule has 1 aromatic rings. The second kappa shape index (κ2) is 7.59. The lowest BCUT2D eigenvalue weighted by atomic mass is 9.97. The highest BCUT2D eigenvalue weighted by Crippen LogP contribution is 2.20. The summed E-state index contributed by atoms with van der Waals surface area (Å²) in [5, 5.41) is 2.83. The second-order valence-electron chi connectivity index (χ2n) is 7.17. The summed E-state index contributed by atoms with van der Waals surface area (Å²) >= 11 is 0. The quantitative estimate of drug-likeness (QED) is 0.851. The summed E-state index contributed by atoms with van der Waals surface area (Å²) in [5.74, 6) is 1.01. The average molecular weight is 334 g/mol. The van der Waals surface area contributed by atoms with Crippen molar-refractivity contribution in [3.05, 3.63) is 17.5 Å². The van der Waals surface area contributed by atoms with E-state index >= 15 is 0 Å². The third-order valence-electron chi connectivity index (χ3n) is 3.81. The van der Waals surface area contributed by atoms with Crippen LogP contribution in [0.1, 0.15) is 49.8 Å². The normalized spacial score (nSPS) is 15.9. The van der Waals surface area contributed by atoms with E-state index in [4.69, 9.17) is 4.74 Å². The highest BCUT2D eigenvalue weighted by Gasteiger charge is 2.23. The van der Waals surface area contributed by atoms with Gasteiger partial charge >= 0.3 is 6.09 Å². The first-order chi connectivity index (χ1) is 11.3. The van der Waals surface area contributed by atoms with Crippen LogP contribution in [0.25, 0.3) is 0 Å². The minimum atomic E-state index is -0.480. The Kier molecular flexibility index (Phi) is 5.75. The maximum atomic E-state index is 11.7. The number of ether oxygens (including phenoxy) is 1. The fourth-order valence-corrected chi connectivity index (χ4v) is 2.66. The minimum Gasteiger partial charge on any atom is -0.444 e. The van der Waals surface area contributed by atoms with Gasteiger partial charge < -0.3 is 15.0 Å². The number of carbonyl (C=O) groups is 2. The van der Waals surface area contributed by atoms with E-state index in [1.165, 1.54) is 0 Å². The molecule has 2 rings (SSSR count). The van der Waals surface area contributed by atoms with Gasteiger partial charge in [-0.3, -0.25) is 4.79 Å². The van der Waals surface area contributed by atoms with Gasteiger partial charge in [0.15, 0.2) is 6.29 Å². The molecule has 0 aliphatic carbocycles. The van der Waals surface area contributed by atoms with E-state index in [1.54, 1.807) is 6.07 Å². The molecule has 24 heavy (non-hydrogen) atoms. The van der Waals surface area contributed by atoms with Gasteiger partial charge in [-0.15, -0.1) is 0 Å². The summed E-state index contributed by atoms with van der Waals surface area (Å²) in [6, 6.07) is 1.67. The number of aryl methyl sites for hydroxylation is 1. The topological polar surface area (TPSA) is 84.4 Å². The molecular formula is C17H26N4O3. The number of rotatable bonds is 4. The third-order valence-corrected chi connectivity index (χ3v) is 3.81. The Morgan fingerprint density at radius 3 is 2.62 bits per heavy atom. The van der Waals surface area contributed by atoms with Crippen molar-refractivity contribution in [1.29, 1.82) is 0 Å². The Balaban J connectivity index is 1.82. The molecule has 7 nitrogen and oxygen atoms in total. The Morgan fingerprint density at radius 2 is 2.04 bits per heavy atom. The van der Waals surface area contributed by atoms with Crippen LogP contribution in [0.3, 0.4) is 0 Å². The summed E-state index contributed by atoms with van der Waals surface area (Å²) in [6.07, 6.45) is 2.24. The standard InChI is InChI=1S/C17H26N4O3/c1-12-9-14(11-22)20-15(19-12)21-7-5-13(6-8-21)10-18-16(23)24-17(2,3)4/h9,11,13H,5-8,10H2,1-4H3,(H,18,23). The molecule has 1 aliphatic heterocycles. The van der Waals surface area contributed by atoms with Crippen LogP contribution in [0.15, 0.2) is 6.07 Å². The summed E-state index contributed by atoms with van der Waals surface area (Å²) in [5.41, 5.74) is 0.716. The molecule has 0 atom stereocenters. The molecule has 0 saturated carbocycles. The molecule has 132 valence electrons. The Labute approximate surface area is 142 Å². The van der Waals surface area contributed by atoms with Gasteiger partial charge in [-0.2, -0.15) is 0 Å². The molecule has 1 aliphatic rings. The van der Waals surface area contributed by atoms with E-state index < -0.39 is 5.60 Å². The molecule has 1 saturated heterocycles. The van der Waals surface area contributed by atoms with Crippen LogP contribution >= 0.6 is 0 Å². The summed E-state index contributed by atoms with van der Waals surface area (Å²) in [6.45, 7) is 9.62. The van der Waals surface area contributed by atoms with Gasteiger partial charge in [-0.05, 0) is 52.5 Å². The van der Waals surface area contributed by atoms with Crippen LogP contribution in [-0.4, -0.2) is 47.6 Å². The number of anilines is 1. The van der Waals surface area contributed by atoms with Crippen LogP contribution in [0, 0.1) is 12.8 Å². The van der Waals surface area contributed by atoms with Gasteiger partial charge in [-0.1, -0.05) is 0 Å². The van der Waals surface area contributed by atoms with Crippen molar-refractivity contribution < 1.29 is 14.3 Å². The first-order valence-corrected chi connectivity index (χ1v) is 8.29. The van der Waals surface area contributed by atoms with Crippen molar-refractivity contribution in [1.82, 2.24) is 15.3 Å². The van der Waals surface area contributed by atoms with Crippen molar-refractivity contribution in [2.75, 3.05) is 24.5 Å². The van der Waals surface area contributed by atoms with Crippen LogP contribution in [0.5, 0.6) is 0 Å². The van der Waals surface area contributed by atoms with E-state index in [0.29, 0.717) is 24.1 Å². The molecule has 7 heteroatoms. The van der Waals surface area contributed by atoms with Crippen molar-refractivity contribution in [2.45, 2.75) is 46.1 Å². The zero-order chi connectivity index (χ0) is 17.7. The van der Waals surface area contributed by atoms with E-state index in [9.17, 15) is 9.59 Å². The molecule has 0 radical (unpaired) electrons. The Bertz CT molecular complexity index is 590. The van der Waals surface area contributed by atoms with Crippen molar-refractivity contribution in [3.63, 3.8) is 0 Å². The van der Waals surface area contributed by atoms with Gasteiger partial charge in [0, 0.05) is 25.3 Å². The first-order valence-electron chi connectivity index (χ1n) is 8.29. The van der Waals surface area contributed by atoms with Gasteiger partial charge in [0.1, 0.15) is 11.3 Å². The summed E-state index contributed by atoms with van der Waals surface area (Å²) in [7, 11) is 0. The molecule has 1 amide bonds. The lowest BCUT2D eigenvalue weighted by molar-refractivity contribution is 0.0516. The lowest BCUT2D eigenvalue weighted by Gasteiger charge is -2.32. The predicted octanol–water partition coefficient (Wildman–Crippen LogP) is 2.34. The summed E-state index contributed by atoms with van der Waals surface area (Å²) in [4.78, 5) is 33.4. The van der Waals surface area contributed by atoms with Crippen LogP contribution in [0.2, 0.25) is 0 Å². The number of aromatic nitrogens is 2. The van der Waals surface area contributed by atoms with Crippen molar-refractivity contribution >= 4 is 18.3 Å². The number of nitrogens with zero attached hydrogens (tertiary/aromatic N) is 3. The van der Waals surface area contributed by atoms with E-state index in [0.717, 1.165) is 37.9 Å². The molecule has 0 bridgehead atoms. The van der Waals surface area contributed by atoms with E-state index in [-0.39, 0.29) is 6.09 Å². The maximum absolute atomic E-state index is 11.7. The van der Waals surface area contributed by atoms with Crippen molar-refractivity contribution in [2.24, 2.45) is 5.92 Å². The highest BCUT2D eigenvalue weighted by molar-refractivity contribution is 5.72. The van der Waals surface area contributed by atoms with Crippen LogP contribution in [0.4, 0.5) is 10.7 Å². The molecule has 1 N–H and O–H groups in total. The van der Waals surface area contributed by atoms with Gasteiger partial charge in [0.2, 0.25) is 5.95 Å². The molecule has 0 aromatic carbocycles. The zero-order valence-electron chi connectivity index (χ0n) is 14.8. The second-order valence-corrected chi connectivity index (χ2v) is 7.17. The maximum Gasteiger partial charge on any atom is 0.407 e. The van der Waals surface area contributed by atoms with Crippen molar-refractivity contribution in [3.8, 4) is 0 Å². The number of piperidine rings is 1. The molecular weight excluding hydrogens is 308 g/mol. The third kappa shape index (κ3) is 5.47. The number of aldehydes is 1. The molecule has 1 aromatic heterocycles.